The van der Waals surface area contributed by atoms with Gasteiger partial charge in [-0.2, -0.15) is 0 Å². The topological polar surface area (TPSA) is 60.9 Å². The molecule has 0 aliphatic rings. The first kappa shape index (κ1) is 11.7. The zero-order valence-corrected chi connectivity index (χ0v) is 10.1. The molecule has 0 atom stereocenters. The summed E-state index contributed by atoms with van der Waals surface area (Å²) in [4.78, 5) is 16.5. The minimum Gasteiger partial charge on any atom is -0.384 e. The summed E-state index contributed by atoms with van der Waals surface area (Å²) in [6, 6.07) is 8.87. The number of aromatic nitrogens is 2. The standard InChI is InChI=1S/C12H13N3OS/c13-11-5-4-10(9-14-11)17-8-7-15-6-2-1-3-12(15)16/h1-6,9H,7-8H2,(H2,13,14). The summed E-state index contributed by atoms with van der Waals surface area (Å²) >= 11 is 1.65. The van der Waals surface area contributed by atoms with Gasteiger partial charge in [-0.1, -0.05) is 6.07 Å². The lowest BCUT2D eigenvalue weighted by molar-refractivity contribution is 0.735. The van der Waals surface area contributed by atoms with Crippen molar-refractivity contribution >= 4 is 17.6 Å². The largest absolute Gasteiger partial charge is 0.384 e. The second kappa shape index (κ2) is 5.54. The molecule has 17 heavy (non-hydrogen) atoms. The van der Waals surface area contributed by atoms with Crippen molar-refractivity contribution in [3.8, 4) is 0 Å². The molecule has 0 aliphatic carbocycles. The van der Waals surface area contributed by atoms with Crippen LogP contribution in [0.5, 0.6) is 0 Å². The van der Waals surface area contributed by atoms with E-state index in [1.807, 2.05) is 12.1 Å². The molecule has 0 bridgehead atoms. The lowest BCUT2D eigenvalue weighted by Gasteiger charge is -2.04. The van der Waals surface area contributed by atoms with Gasteiger partial charge in [0.15, 0.2) is 0 Å². The van der Waals surface area contributed by atoms with Crippen molar-refractivity contribution in [1.29, 1.82) is 0 Å². The maximum Gasteiger partial charge on any atom is 0.250 e. The second-order valence-corrected chi connectivity index (χ2v) is 4.67. The number of thioether (sulfide) groups is 1. The summed E-state index contributed by atoms with van der Waals surface area (Å²) in [6.45, 7) is 0.689. The fourth-order valence-electron chi connectivity index (χ4n) is 1.38. The molecule has 0 amide bonds. The first-order valence-corrected chi connectivity index (χ1v) is 6.24. The summed E-state index contributed by atoms with van der Waals surface area (Å²) in [7, 11) is 0. The molecule has 4 nitrogen and oxygen atoms in total. The molecule has 0 aromatic carbocycles. The third-order valence-electron chi connectivity index (χ3n) is 2.26. The van der Waals surface area contributed by atoms with Crippen LogP contribution in [0.4, 0.5) is 5.82 Å². The summed E-state index contributed by atoms with van der Waals surface area (Å²) < 4.78 is 1.69. The fraction of sp³-hybridized carbons (Fsp3) is 0.167. The van der Waals surface area contributed by atoms with E-state index in [1.165, 1.54) is 0 Å². The number of aryl methyl sites for hydroxylation is 1. The van der Waals surface area contributed by atoms with Crippen molar-refractivity contribution in [1.82, 2.24) is 9.55 Å². The first-order chi connectivity index (χ1) is 8.25. The Balaban J connectivity index is 1.90. The molecule has 0 aliphatic heterocycles. The van der Waals surface area contributed by atoms with Gasteiger partial charge in [-0.3, -0.25) is 4.79 Å². The van der Waals surface area contributed by atoms with Gasteiger partial charge >= 0.3 is 0 Å². The molecule has 88 valence electrons. The highest BCUT2D eigenvalue weighted by atomic mass is 32.2. The van der Waals surface area contributed by atoms with Gasteiger partial charge in [0.05, 0.1) is 0 Å². The average Bonchev–Trinajstić information content (AvgIpc) is 2.34. The number of nitrogens with two attached hydrogens (primary N) is 1. The van der Waals surface area contributed by atoms with E-state index in [4.69, 9.17) is 5.73 Å². The number of hydrogen-bond donors (Lipinski definition) is 1. The maximum absolute atomic E-state index is 11.4. The van der Waals surface area contributed by atoms with Gasteiger partial charge in [0.1, 0.15) is 5.82 Å². The second-order valence-electron chi connectivity index (χ2n) is 3.50. The highest BCUT2D eigenvalue weighted by molar-refractivity contribution is 7.99. The van der Waals surface area contributed by atoms with Crippen molar-refractivity contribution in [2.24, 2.45) is 0 Å². The Hall–Kier alpha value is -1.75. The summed E-state index contributed by atoms with van der Waals surface area (Å²) in [5.74, 6) is 1.35. The molecular formula is C12H13N3OS. The normalized spacial score (nSPS) is 10.4. The smallest absolute Gasteiger partial charge is 0.250 e. The van der Waals surface area contributed by atoms with Crippen molar-refractivity contribution in [2.45, 2.75) is 11.4 Å². The molecule has 2 heterocycles. The van der Waals surface area contributed by atoms with E-state index in [1.54, 1.807) is 46.9 Å². The quantitative estimate of drug-likeness (QED) is 0.834. The van der Waals surface area contributed by atoms with Crippen LogP contribution in [0, 0.1) is 0 Å². The van der Waals surface area contributed by atoms with Crippen molar-refractivity contribution in [2.75, 3.05) is 11.5 Å². The molecule has 0 spiro atoms. The number of rotatable bonds is 4. The summed E-state index contributed by atoms with van der Waals surface area (Å²) in [5.41, 5.74) is 5.53. The van der Waals surface area contributed by atoms with E-state index < -0.39 is 0 Å². The van der Waals surface area contributed by atoms with Gasteiger partial charge in [-0.15, -0.1) is 11.8 Å². The minimum atomic E-state index is 0.0310. The highest BCUT2D eigenvalue weighted by Gasteiger charge is 1.97. The van der Waals surface area contributed by atoms with Crippen molar-refractivity contribution in [3.05, 3.63) is 53.1 Å². The molecular weight excluding hydrogens is 234 g/mol. The van der Waals surface area contributed by atoms with E-state index in [0.717, 1.165) is 10.6 Å². The maximum atomic E-state index is 11.4. The Morgan fingerprint density at radius 1 is 1.29 bits per heavy atom. The Morgan fingerprint density at radius 2 is 2.18 bits per heavy atom. The third kappa shape index (κ3) is 3.35. The number of pyridine rings is 2. The van der Waals surface area contributed by atoms with Gasteiger partial charge in [-0.25, -0.2) is 4.98 Å². The molecule has 0 fully saturated rings. The van der Waals surface area contributed by atoms with Crippen LogP contribution in [0.3, 0.4) is 0 Å². The van der Waals surface area contributed by atoms with Crippen molar-refractivity contribution < 1.29 is 0 Å². The number of hydrogen-bond acceptors (Lipinski definition) is 4. The lowest BCUT2D eigenvalue weighted by atomic mass is 10.5. The zero-order chi connectivity index (χ0) is 12.1. The van der Waals surface area contributed by atoms with Crippen LogP contribution in [0.2, 0.25) is 0 Å². The van der Waals surface area contributed by atoms with Crippen molar-refractivity contribution in [3.63, 3.8) is 0 Å². The first-order valence-electron chi connectivity index (χ1n) is 5.25. The molecule has 2 rings (SSSR count). The number of nitrogens with zero attached hydrogens (tertiary/aromatic N) is 2. The van der Waals surface area contributed by atoms with E-state index in [-0.39, 0.29) is 5.56 Å². The predicted molar refractivity (Wildman–Crippen MR) is 70.1 cm³/mol. The minimum absolute atomic E-state index is 0.0310. The lowest BCUT2D eigenvalue weighted by Crippen LogP contribution is -2.18. The molecule has 2 N–H and O–H groups in total. The Bertz CT molecular complexity index is 536. The van der Waals surface area contributed by atoms with E-state index in [9.17, 15) is 4.79 Å². The van der Waals surface area contributed by atoms with Crippen LogP contribution in [-0.2, 0) is 6.54 Å². The van der Waals surface area contributed by atoms with E-state index >= 15 is 0 Å². The molecule has 0 saturated heterocycles. The molecule has 0 unspecified atom stereocenters. The molecule has 5 heteroatoms. The van der Waals surface area contributed by atoms with E-state index in [0.29, 0.717) is 12.4 Å². The number of anilines is 1. The van der Waals surface area contributed by atoms with Gasteiger partial charge in [-0.05, 0) is 18.2 Å². The van der Waals surface area contributed by atoms with Gasteiger partial charge in [0, 0.05) is 35.7 Å². The summed E-state index contributed by atoms with van der Waals surface area (Å²) in [6.07, 6.45) is 3.54. The van der Waals surface area contributed by atoms with Crippen LogP contribution >= 0.6 is 11.8 Å². The summed E-state index contributed by atoms with van der Waals surface area (Å²) in [5, 5.41) is 0. The van der Waals surface area contributed by atoms with Crippen LogP contribution < -0.4 is 11.3 Å². The highest BCUT2D eigenvalue weighted by Crippen LogP contribution is 2.17. The van der Waals surface area contributed by atoms with Gasteiger partial charge in [0.2, 0.25) is 0 Å². The fourth-order valence-corrected chi connectivity index (χ4v) is 2.20. The monoisotopic (exact) mass is 247 g/mol. The zero-order valence-electron chi connectivity index (χ0n) is 9.24. The Morgan fingerprint density at radius 3 is 2.88 bits per heavy atom. The van der Waals surface area contributed by atoms with Gasteiger partial charge in [0.25, 0.3) is 5.56 Å². The van der Waals surface area contributed by atoms with Crippen LogP contribution in [0.25, 0.3) is 0 Å². The number of nitrogen functional groups attached to an aromatic ring is 1. The van der Waals surface area contributed by atoms with Crippen LogP contribution in [0.15, 0.2) is 52.4 Å². The average molecular weight is 247 g/mol. The van der Waals surface area contributed by atoms with Crippen LogP contribution in [-0.4, -0.2) is 15.3 Å². The Kier molecular flexibility index (Phi) is 3.82. The third-order valence-corrected chi connectivity index (χ3v) is 3.22. The van der Waals surface area contributed by atoms with E-state index in [2.05, 4.69) is 4.98 Å². The molecule has 0 saturated carbocycles. The SMILES string of the molecule is Nc1ccc(SCCn2ccccc2=O)cn1. The predicted octanol–water partition coefficient (Wildman–Crippen LogP) is 1.62. The molecule has 2 aromatic rings. The van der Waals surface area contributed by atoms with Gasteiger partial charge < -0.3 is 10.3 Å². The molecule has 2 aromatic heterocycles. The molecule has 0 radical (unpaired) electrons. The van der Waals surface area contributed by atoms with Crippen LogP contribution in [0.1, 0.15) is 0 Å². The Labute approximate surface area is 103 Å².